The van der Waals surface area contributed by atoms with Crippen LogP contribution in [0.2, 0.25) is 0 Å². The first kappa shape index (κ1) is 26.1. The first-order valence-electron chi connectivity index (χ1n) is 12.0. The summed E-state index contributed by atoms with van der Waals surface area (Å²) in [4.78, 5) is 13.2. The van der Waals surface area contributed by atoms with Gasteiger partial charge in [0, 0.05) is 29.5 Å². The predicted octanol–water partition coefficient (Wildman–Crippen LogP) is 6.90. The van der Waals surface area contributed by atoms with Crippen LogP contribution in [0.1, 0.15) is 55.5 Å². The van der Waals surface area contributed by atoms with E-state index in [1.165, 1.54) is 0 Å². The van der Waals surface area contributed by atoms with Crippen LogP contribution in [0, 0.1) is 5.92 Å². The zero-order chi connectivity index (χ0) is 27.5. The van der Waals surface area contributed by atoms with E-state index in [0.717, 1.165) is 41.3 Å². The maximum absolute atomic E-state index is 13.2. The highest BCUT2D eigenvalue weighted by Gasteiger charge is 2.50. The molecule has 0 saturated heterocycles. The van der Waals surface area contributed by atoms with E-state index < -0.39 is 32.9 Å². The molecule has 38 heavy (non-hydrogen) atoms. The summed E-state index contributed by atoms with van der Waals surface area (Å²) in [6.45, 7) is 5.71. The molecule has 1 heterocycles. The van der Waals surface area contributed by atoms with Gasteiger partial charge in [0.25, 0.3) is 0 Å². The fourth-order valence-corrected chi connectivity index (χ4v) is 5.71. The molecule has 2 atom stereocenters. The summed E-state index contributed by atoms with van der Waals surface area (Å²) < 4.78 is 79.0. The zero-order valence-corrected chi connectivity index (χ0v) is 21.7. The van der Waals surface area contributed by atoms with E-state index in [2.05, 4.69) is 4.18 Å². The van der Waals surface area contributed by atoms with Crippen molar-refractivity contribution in [3.63, 3.8) is 0 Å². The summed E-state index contributed by atoms with van der Waals surface area (Å²) in [7, 11) is -5.97. The smallest absolute Gasteiger partial charge is 0.487 e. The molecule has 1 aliphatic heterocycles. The molecule has 2 aliphatic rings. The van der Waals surface area contributed by atoms with Crippen molar-refractivity contribution >= 4 is 26.9 Å². The topological polar surface area (TPSA) is 78.9 Å². The van der Waals surface area contributed by atoms with Gasteiger partial charge in [-0.25, -0.2) is 4.79 Å². The number of rotatable bonds is 4. The summed E-state index contributed by atoms with van der Waals surface area (Å²) in [6, 6.07) is 14.5. The highest BCUT2D eigenvalue weighted by atomic mass is 32.2. The van der Waals surface area contributed by atoms with Gasteiger partial charge in [-0.15, -0.1) is 0 Å². The van der Waals surface area contributed by atoms with E-state index >= 15 is 0 Å². The fourth-order valence-electron chi connectivity index (χ4n) is 5.26. The number of benzene rings is 3. The lowest BCUT2D eigenvalue weighted by Gasteiger charge is -2.46. The molecule has 0 fully saturated rings. The number of carbonyl (C=O) groups excluding carboxylic acids is 1. The van der Waals surface area contributed by atoms with Gasteiger partial charge in [-0.1, -0.05) is 42.0 Å². The molecule has 0 saturated carbocycles. The monoisotopic (exact) mass is 546 g/mol. The molecule has 0 radical (unpaired) electrons. The number of fused-ring (bicyclic) bond motifs is 4. The van der Waals surface area contributed by atoms with Crippen LogP contribution in [0.25, 0.3) is 10.8 Å². The quantitative estimate of drug-likeness (QED) is 0.116. The van der Waals surface area contributed by atoms with E-state index in [1.807, 2.05) is 51.1 Å². The van der Waals surface area contributed by atoms with Crippen LogP contribution >= 0.6 is 0 Å². The minimum Gasteiger partial charge on any atom is -0.487 e. The Hall–Kier alpha value is -3.53. The van der Waals surface area contributed by atoms with Crippen molar-refractivity contribution in [1.29, 1.82) is 0 Å². The fraction of sp³-hybridized carbons (Fsp3) is 0.321. The van der Waals surface area contributed by atoms with E-state index in [4.69, 9.17) is 9.47 Å². The number of carbonyl (C=O) groups is 1. The Labute approximate surface area is 218 Å². The lowest BCUT2D eigenvalue weighted by molar-refractivity contribution is -0.0500. The van der Waals surface area contributed by atoms with Crippen LogP contribution in [0.4, 0.5) is 13.2 Å². The number of hydrogen-bond donors (Lipinski definition) is 0. The molecule has 0 N–H and O–H groups in total. The van der Waals surface area contributed by atoms with E-state index in [-0.39, 0.29) is 28.9 Å². The predicted molar refractivity (Wildman–Crippen MR) is 135 cm³/mol. The average Bonchev–Trinajstić information content (AvgIpc) is 2.81. The van der Waals surface area contributed by atoms with Crippen LogP contribution in [0.5, 0.6) is 17.2 Å². The number of allylic oxidation sites excluding steroid dienone is 2. The number of ether oxygens (including phenoxy) is 2. The normalized spacial score (nSPS) is 20.5. The molecule has 3 aromatic rings. The van der Waals surface area contributed by atoms with Crippen LogP contribution in [0.15, 0.2) is 66.2 Å². The number of halogens is 3. The molecule has 6 nitrogen and oxygen atoms in total. The Bertz CT molecular complexity index is 1570. The molecule has 0 bridgehead atoms. The highest BCUT2D eigenvalue weighted by molar-refractivity contribution is 7.88. The van der Waals surface area contributed by atoms with Crippen molar-refractivity contribution in [2.24, 2.45) is 5.92 Å². The van der Waals surface area contributed by atoms with Crippen LogP contribution < -0.4 is 13.7 Å². The average molecular weight is 547 g/mol. The van der Waals surface area contributed by atoms with Crippen LogP contribution in [-0.2, 0) is 10.1 Å². The molecule has 2 unspecified atom stereocenters. The van der Waals surface area contributed by atoms with Gasteiger partial charge in [-0.05, 0) is 56.5 Å². The van der Waals surface area contributed by atoms with Crippen molar-refractivity contribution in [3.05, 3.63) is 77.4 Å². The first-order valence-corrected chi connectivity index (χ1v) is 13.4. The third kappa shape index (κ3) is 4.73. The summed E-state index contributed by atoms with van der Waals surface area (Å²) in [6.07, 6.45) is 3.68. The van der Waals surface area contributed by atoms with E-state index in [9.17, 15) is 26.4 Å². The van der Waals surface area contributed by atoms with Gasteiger partial charge in [-0.3, -0.25) is 0 Å². The molecule has 5 rings (SSSR count). The Balaban J connectivity index is 1.62. The lowest BCUT2D eigenvalue weighted by Crippen LogP contribution is -2.45. The molecule has 1 aliphatic carbocycles. The molecule has 10 heteroatoms. The second-order valence-electron chi connectivity index (χ2n) is 10.2. The SMILES string of the molecule is CC1=CC2c3c(OC(=O)c4ccc5ccccc5c4)cc(OS(=O)(=O)C(F)(F)F)cc3OC(C)(C)C2CC1. The molecule has 0 aromatic heterocycles. The Morgan fingerprint density at radius 3 is 2.47 bits per heavy atom. The van der Waals surface area contributed by atoms with Crippen LogP contribution in [0.3, 0.4) is 0 Å². The van der Waals surface area contributed by atoms with Gasteiger partial charge in [0.1, 0.15) is 22.8 Å². The second kappa shape index (κ2) is 9.04. The third-order valence-electron chi connectivity index (χ3n) is 7.10. The number of hydrogen-bond acceptors (Lipinski definition) is 6. The lowest BCUT2D eigenvalue weighted by atomic mass is 9.68. The Morgan fingerprint density at radius 1 is 1.05 bits per heavy atom. The second-order valence-corrected chi connectivity index (χ2v) is 11.7. The van der Waals surface area contributed by atoms with Gasteiger partial charge in [0.05, 0.1) is 5.56 Å². The first-order chi connectivity index (χ1) is 17.7. The van der Waals surface area contributed by atoms with E-state index in [1.54, 1.807) is 18.2 Å². The number of esters is 1. The number of alkyl halides is 3. The summed E-state index contributed by atoms with van der Waals surface area (Å²) in [5.74, 6) is -1.74. The molecule has 3 aromatic carbocycles. The molecule has 0 spiro atoms. The van der Waals surface area contributed by atoms with Crippen molar-refractivity contribution in [1.82, 2.24) is 0 Å². The molecule has 200 valence electrons. The standard InChI is InChI=1S/C28H25F3O6S/c1-16-8-11-22-21(12-16)25-23(35-26(32)19-10-9-17-6-4-5-7-18(17)13-19)14-20(15-24(25)36-27(22,2)3)37-38(33,34)28(29,30)31/h4-7,9-10,12-15,21-22H,8,11H2,1-3H3. The minimum absolute atomic E-state index is 0.0116. The van der Waals surface area contributed by atoms with Crippen molar-refractivity contribution < 1.29 is 40.0 Å². The van der Waals surface area contributed by atoms with Crippen molar-refractivity contribution in [2.45, 2.75) is 50.6 Å². The molecular formula is C28H25F3O6S. The summed E-state index contributed by atoms with van der Waals surface area (Å²) in [5, 5.41) is 1.71. The molecule has 0 amide bonds. The van der Waals surface area contributed by atoms with Gasteiger partial charge in [0.15, 0.2) is 0 Å². The zero-order valence-electron chi connectivity index (χ0n) is 20.8. The largest absolute Gasteiger partial charge is 0.534 e. The van der Waals surface area contributed by atoms with E-state index in [0.29, 0.717) is 5.56 Å². The highest BCUT2D eigenvalue weighted by Crippen LogP contribution is 2.54. The van der Waals surface area contributed by atoms with Crippen molar-refractivity contribution in [3.8, 4) is 17.2 Å². The van der Waals surface area contributed by atoms with Gasteiger partial charge < -0.3 is 13.7 Å². The van der Waals surface area contributed by atoms with Crippen molar-refractivity contribution in [2.75, 3.05) is 0 Å². The maximum atomic E-state index is 13.2. The van der Waals surface area contributed by atoms with Gasteiger partial charge in [-0.2, -0.15) is 21.6 Å². The van der Waals surface area contributed by atoms with Gasteiger partial charge in [0.2, 0.25) is 0 Å². The maximum Gasteiger partial charge on any atom is 0.534 e. The summed E-state index contributed by atoms with van der Waals surface area (Å²) >= 11 is 0. The minimum atomic E-state index is -5.97. The summed E-state index contributed by atoms with van der Waals surface area (Å²) in [5.41, 5.74) is -4.58. The van der Waals surface area contributed by atoms with Gasteiger partial charge >= 0.3 is 21.6 Å². The van der Waals surface area contributed by atoms with Crippen LogP contribution in [-0.4, -0.2) is 25.5 Å². The third-order valence-corrected chi connectivity index (χ3v) is 8.08. The Kier molecular flexibility index (Phi) is 6.21. The Morgan fingerprint density at radius 2 is 1.76 bits per heavy atom. The molecular weight excluding hydrogens is 521 g/mol.